The molecule has 0 aliphatic carbocycles. The fourth-order valence-electron chi connectivity index (χ4n) is 1.50. The Bertz CT molecular complexity index is 630. The highest BCUT2D eigenvalue weighted by Gasteiger charge is 2.14. The molecule has 0 aromatic heterocycles. The Morgan fingerprint density at radius 1 is 1.22 bits per heavy atom. The van der Waals surface area contributed by atoms with E-state index in [1.165, 1.54) is 12.1 Å². The molecule has 0 saturated heterocycles. The van der Waals surface area contributed by atoms with Gasteiger partial charge < -0.3 is 5.73 Å². The number of halogens is 3. The van der Waals surface area contributed by atoms with E-state index in [0.717, 1.165) is 10.5 Å². The van der Waals surface area contributed by atoms with E-state index in [4.69, 9.17) is 17.3 Å². The van der Waals surface area contributed by atoms with Crippen LogP contribution >= 0.6 is 27.5 Å². The largest absolute Gasteiger partial charge is 0.396 e. The van der Waals surface area contributed by atoms with Gasteiger partial charge in [0.2, 0.25) is 0 Å². The minimum absolute atomic E-state index is 0.00783. The molecule has 0 aliphatic rings. The van der Waals surface area contributed by atoms with E-state index in [2.05, 4.69) is 15.9 Å². The highest BCUT2D eigenvalue weighted by molar-refractivity contribution is 9.10. The van der Waals surface area contributed by atoms with Gasteiger partial charge in [0, 0.05) is 15.6 Å². The summed E-state index contributed by atoms with van der Waals surface area (Å²) >= 11 is 9.23. The van der Waals surface area contributed by atoms with Gasteiger partial charge in [0.25, 0.3) is 0 Å². The number of carbonyl (C=O) groups excluding carboxylic acids is 1. The second-order valence-corrected chi connectivity index (χ2v) is 5.01. The number of hydrogen-bond donors (Lipinski definition) is 1. The van der Waals surface area contributed by atoms with Crippen LogP contribution in [-0.2, 0) is 0 Å². The molecule has 0 saturated carbocycles. The van der Waals surface area contributed by atoms with Crippen LogP contribution in [0.5, 0.6) is 0 Å². The smallest absolute Gasteiger partial charge is 0.194 e. The van der Waals surface area contributed by atoms with Crippen molar-refractivity contribution in [1.29, 1.82) is 0 Å². The molecule has 0 fully saturated rings. The van der Waals surface area contributed by atoms with Crippen molar-refractivity contribution in [1.82, 2.24) is 0 Å². The number of ketones is 1. The number of nitrogens with two attached hydrogens (primary N) is 1. The molecule has 0 aliphatic heterocycles. The van der Waals surface area contributed by atoms with Crippen LogP contribution in [0.15, 0.2) is 40.9 Å². The first kappa shape index (κ1) is 13.1. The van der Waals surface area contributed by atoms with Crippen LogP contribution < -0.4 is 5.73 Å². The standard InChI is InChI=1S/C13H8BrClFNO/c14-8-2-3-9(10(15)6-8)13(18)7-1-4-12(17)11(16)5-7/h1-6H,17H2. The molecule has 2 aromatic carbocycles. The van der Waals surface area contributed by atoms with E-state index in [1.54, 1.807) is 18.2 Å². The Hall–Kier alpha value is -1.39. The molecule has 0 bridgehead atoms. The summed E-state index contributed by atoms with van der Waals surface area (Å²) in [4.78, 5) is 12.1. The molecule has 18 heavy (non-hydrogen) atoms. The summed E-state index contributed by atoms with van der Waals surface area (Å²) in [7, 11) is 0. The average Bonchev–Trinajstić information content (AvgIpc) is 2.32. The van der Waals surface area contributed by atoms with Crippen molar-refractivity contribution in [2.75, 3.05) is 5.73 Å². The van der Waals surface area contributed by atoms with E-state index in [0.29, 0.717) is 10.6 Å². The highest BCUT2D eigenvalue weighted by atomic mass is 79.9. The molecule has 5 heteroatoms. The first-order valence-electron chi connectivity index (χ1n) is 5.04. The second kappa shape index (κ2) is 5.08. The summed E-state index contributed by atoms with van der Waals surface area (Å²) < 4.78 is 14.1. The quantitative estimate of drug-likeness (QED) is 0.667. The summed E-state index contributed by atoms with van der Waals surface area (Å²) in [5.41, 5.74) is 5.90. The third-order valence-corrected chi connectivity index (χ3v) is 3.24. The van der Waals surface area contributed by atoms with Gasteiger partial charge in [-0.05, 0) is 36.4 Å². The van der Waals surface area contributed by atoms with Gasteiger partial charge in [0.15, 0.2) is 5.78 Å². The maximum Gasteiger partial charge on any atom is 0.194 e. The topological polar surface area (TPSA) is 43.1 Å². The lowest BCUT2D eigenvalue weighted by Gasteiger charge is -2.05. The summed E-state index contributed by atoms with van der Waals surface area (Å²) in [5.74, 6) is -0.958. The number of benzene rings is 2. The van der Waals surface area contributed by atoms with Crippen molar-refractivity contribution in [3.05, 3.63) is 62.8 Å². The van der Waals surface area contributed by atoms with Gasteiger partial charge in [0.1, 0.15) is 5.82 Å². The van der Waals surface area contributed by atoms with E-state index in [9.17, 15) is 9.18 Å². The lowest BCUT2D eigenvalue weighted by molar-refractivity contribution is 0.103. The lowest BCUT2D eigenvalue weighted by Crippen LogP contribution is -2.03. The van der Waals surface area contributed by atoms with Crippen molar-refractivity contribution >= 4 is 39.0 Å². The van der Waals surface area contributed by atoms with Crippen molar-refractivity contribution < 1.29 is 9.18 Å². The first-order chi connectivity index (χ1) is 8.49. The van der Waals surface area contributed by atoms with Crippen molar-refractivity contribution in [2.24, 2.45) is 0 Å². The third kappa shape index (κ3) is 2.54. The molecule has 0 amide bonds. The number of anilines is 1. The van der Waals surface area contributed by atoms with Gasteiger partial charge in [0.05, 0.1) is 10.7 Å². The Kier molecular flexibility index (Phi) is 3.68. The molecule has 2 N–H and O–H groups in total. The zero-order valence-electron chi connectivity index (χ0n) is 9.08. The zero-order valence-corrected chi connectivity index (χ0v) is 11.4. The monoisotopic (exact) mass is 327 g/mol. The number of rotatable bonds is 2. The summed E-state index contributed by atoms with van der Waals surface area (Å²) in [6.07, 6.45) is 0. The molecule has 0 spiro atoms. The zero-order chi connectivity index (χ0) is 13.3. The summed E-state index contributed by atoms with van der Waals surface area (Å²) in [6, 6.07) is 8.84. The van der Waals surface area contributed by atoms with Gasteiger partial charge in [-0.1, -0.05) is 27.5 Å². The molecular formula is C13H8BrClFNO. The van der Waals surface area contributed by atoms with Crippen molar-refractivity contribution in [3.63, 3.8) is 0 Å². The van der Waals surface area contributed by atoms with Gasteiger partial charge in [-0.3, -0.25) is 4.79 Å². The SMILES string of the molecule is Nc1ccc(C(=O)c2ccc(Br)cc2Cl)cc1F. The van der Waals surface area contributed by atoms with E-state index in [-0.39, 0.29) is 17.0 Å². The highest BCUT2D eigenvalue weighted by Crippen LogP contribution is 2.24. The molecule has 2 nitrogen and oxygen atoms in total. The fourth-order valence-corrected chi connectivity index (χ4v) is 2.26. The normalized spacial score (nSPS) is 10.4. The third-order valence-electron chi connectivity index (χ3n) is 2.44. The lowest BCUT2D eigenvalue weighted by atomic mass is 10.0. The van der Waals surface area contributed by atoms with Crippen LogP contribution in [-0.4, -0.2) is 5.78 Å². The van der Waals surface area contributed by atoms with Crippen LogP contribution in [0.1, 0.15) is 15.9 Å². The molecular weight excluding hydrogens is 321 g/mol. The molecule has 0 atom stereocenters. The van der Waals surface area contributed by atoms with E-state index >= 15 is 0 Å². The van der Waals surface area contributed by atoms with Crippen molar-refractivity contribution in [3.8, 4) is 0 Å². The van der Waals surface area contributed by atoms with Crippen LogP contribution in [0, 0.1) is 5.82 Å². The van der Waals surface area contributed by atoms with E-state index < -0.39 is 5.82 Å². The Labute approximate surface area is 117 Å². The molecule has 2 aromatic rings. The maximum atomic E-state index is 13.3. The Balaban J connectivity index is 2.44. The van der Waals surface area contributed by atoms with Gasteiger partial charge in [-0.15, -0.1) is 0 Å². The Morgan fingerprint density at radius 2 is 1.94 bits per heavy atom. The van der Waals surface area contributed by atoms with E-state index in [1.807, 2.05) is 0 Å². The molecule has 92 valence electrons. The van der Waals surface area contributed by atoms with Crippen LogP contribution in [0.4, 0.5) is 10.1 Å². The van der Waals surface area contributed by atoms with Crippen LogP contribution in [0.25, 0.3) is 0 Å². The van der Waals surface area contributed by atoms with Crippen molar-refractivity contribution in [2.45, 2.75) is 0 Å². The molecule has 0 radical (unpaired) electrons. The predicted molar refractivity (Wildman–Crippen MR) is 73.4 cm³/mol. The number of carbonyl (C=O) groups is 1. The maximum absolute atomic E-state index is 13.3. The van der Waals surface area contributed by atoms with Gasteiger partial charge in [-0.2, -0.15) is 0 Å². The Morgan fingerprint density at radius 3 is 2.56 bits per heavy atom. The fraction of sp³-hybridized carbons (Fsp3) is 0. The second-order valence-electron chi connectivity index (χ2n) is 3.69. The average molecular weight is 329 g/mol. The summed E-state index contributed by atoms with van der Waals surface area (Å²) in [6.45, 7) is 0. The van der Waals surface area contributed by atoms with Crippen LogP contribution in [0.3, 0.4) is 0 Å². The summed E-state index contributed by atoms with van der Waals surface area (Å²) in [5, 5.41) is 0.312. The minimum atomic E-state index is -0.617. The van der Waals surface area contributed by atoms with Crippen LogP contribution in [0.2, 0.25) is 5.02 Å². The number of nitrogen functional groups attached to an aromatic ring is 1. The predicted octanol–water partition coefficient (Wildman–Crippen LogP) is 4.05. The van der Waals surface area contributed by atoms with Gasteiger partial charge >= 0.3 is 0 Å². The first-order valence-corrected chi connectivity index (χ1v) is 6.21. The molecule has 2 rings (SSSR count). The molecule has 0 unspecified atom stereocenters. The van der Waals surface area contributed by atoms with Gasteiger partial charge in [-0.25, -0.2) is 4.39 Å². The minimum Gasteiger partial charge on any atom is -0.396 e. The number of hydrogen-bond acceptors (Lipinski definition) is 2. The molecule has 0 heterocycles.